The van der Waals surface area contributed by atoms with Crippen LogP contribution >= 0.6 is 31.9 Å². The molecule has 0 unspecified atom stereocenters. The van der Waals surface area contributed by atoms with E-state index in [1.807, 2.05) is 0 Å². The number of ketones is 1. The number of carbonyl (C=O) groups excluding carboxylic acids is 2. The number of carbonyl (C=O) groups is 2. The topological polar surface area (TPSA) is 46.2 Å². The van der Waals surface area contributed by atoms with E-state index < -0.39 is 8.77 Å². The summed E-state index contributed by atoms with van der Waals surface area (Å²) in [5.41, 5.74) is -0.774. The molecule has 0 radical (unpaired) electrons. The molecule has 0 spiro atoms. The zero-order chi connectivity index (χ0) is 8.86. The molecule has 62 valence electrons. The van der Waals surface area contributed by atoms with Crippen LogP contribution in [0.3, 0.4) is 0 Å². The van der Waals surface area contributed by atoms with E-state index in [2.05, 4.69) is 37.2 Å². The number of nitrogens with one attached hydrogen (secondary N) is 1. The van der Waals surface area contributed by atoms with Crippen molar-refractivity contribution in [3.05, 3.63) is 0 Å². The Morgan fingerprint density at radius 3 is 1.82 bits per heavy atom. The molecule has 3 nitrogen and oxygen atoms in total. The van der Waals surface area contributed by atoms with Crippen LogP contribution in [0.2, 0.25) is 0 Å². The molecule has 1 rings (SSSR count). The van der Waals surface area contributed by atoms with Gasteiger partial charge in [-0.15, -0.1) is 0 Å². The van der Waals surface area contributed by atoms with Crippen LogP contribution in [0.15, 0.2) is 0 Å². The summed E-state index contributed by atoms with van der Waals surface area (Å²) in [4.78, 5) is 22.5. The Labute approximate surface area is 81.2 Å². The van der Waals surface area contributed by atoms with Crippen LogP contribution in [0.4, 0.5) is 0 Å². The molecule has 0 aromatic carbocycles. The number of hydrogen-bond donors (Lipinski definition) is 1. The molecular formula is C6H7Br2NO2. The number of Topliss-reactive ketones (excluding diaryl/α,β-unsaturated/α-hetero) is 1. The van der Waals surface area contributed by atoms with Gasteiger partial charge in [0.1, 0.15) is 0 Å². The van der Waals surface area contributed by atoms with E-state index in [1.54, 1.807) is 13.8 Å². The van der Waals surface area contributed by atoms with Crippen molar-refractivity contribution in [3.63, 3.8) is 0 Å². The molecule has 0 bridgehead atoms. The maximum absolute atomic E-state index is 11.4. The summed E-state index contributed by atoms with van der Waals surface area (Å²) >= 11 is 6.01. The molecule has 0 saturated carbocycles. The van der Waals surface area contributed by atoms with E-state index in [9.17, 15) is 9.59 Å². The van der Waals surface area contributed by atoms with Crippen LogP contribution in [-0.4, -0.2) is 20.5 Å². The van der Waals surface area contributed by atoms with Gasteiger partial charge < -0.3 is 5.32 Å². The van der Waals surface area contributed by atoms with Gasteiger partial charge in [0.2, 0.25) is 3.23 Å². The number of amides is 1. The third-order valence-electron chi connectivity index (χ3n) is 1.56. The van der Waals surface area contributed by atoms with Gasteiger partial charge in [-0.2, -0.15) is 0 Å². The van der Waals surface area contributed by atoms with E-state index in [4.69, 9.17) is 0 Å². The quantitative estimate of drug-likeness (QED) is 0.532. The fourth-order valence-corrected chi connectivity index (χ4v) is 2.10. The van der Waals surface area contributed by atoms with Crippen molar-refractivity contribution in [2.75, 3.05) is 0 Å². The molecule has 0 aromatic heterocycles. The SMILES string of the molecule is CC1(C)NC(=O)C(Br)(Br)C1=O. The van der Waals surface area contributed by atoms with Crippen LogP contribution in [-0.2, 0) is 9.59 Å². The van der Waals surface area contributed by atoms with Crippen molar-refractivity contribution in [3.8, 4) is 0 Å². The first-order chi connectivity index (χ1) is 4.78. The maximum Gasteiger partial charge on any atom is 0.256 e. The van der Waals surface area contributed by atoms with Crippen molar-refractivity contribution in [1.82, 2.24) is 5.32 Å². The molecule has 0 aromatic rings. The van der Waals surface area contributed by atoms with Gasteiger partial charge in [-0.05, 0) is 13.8 Å². The number of rotatable bonds is 0. The van der Waals surface area contributed by atoms with Gasteiger partial charge in [0.25, 0.3) is 5.91 Å². The zero-order valence-corrected chi connectivity index (χ0v) is 9.24. The molecule has 11 heavy (non-hydrogen) atoms. The Morgan fingerprint density at radius 1 is 1.27 bits per heavy atom. The van der Waals surface area contributed by atoms with Crippen LogP contribution in [0.1, 0.15) is 13.8 Å². The van der Waals surface area contributed by atoms with Crippen molar-refractivity contribution in [1.29, 1.82) is 0 Å². The second-order valence-electron chi connectivity index (χ2n) is 2.98. The van der Waals surface area contributed by atoms with Gasteiger partial charge in [0.05, 0.1) is 5.54 Å². The predicted molar refractivity (Wildman–Crippen MR) is 47.8 cm³/mol. The van der Waals surface area contributed by atoms with Gasteiger partial charge in [0, 0.05) is 0 Å². The van der Waals surface area contributed by atoms with Crippen molar-refractivity contribution in [2.24, 2.45) is 0 Å². The largest absolute Gasteiger partial charge is 0.342 e. The molecule has 1 amide bonds. The first kappa shape index (κ1) is 9.19. The van der Waals surface area contributed by atoms with E-state index in [0.717, 1.165) is 0 Å². The lowest BCUT2D eigenvalue weighted by Gasteiger charge is -2.14. The fourth-order valence-electron chi connectivity index (χ4n) is 0.915. The van der Waals surface area contributed by atoms with E-state index >= 15 is 0 Å². The first-order valence-corrected chi connectivity index (χ1v) is 4.62. The molecule has 1 saturated heterocycles. The number of halogens is 2. The molecule has 5 heteroatoms. The van der Waals surface area contributed by atoms with Crippen molar-refractivity contribution < 1.29 is 9.59 Å². The Hall–Kier alpha value is 0.1000. The summed E-state index contributed by atoms with van der Waals surface area (Å²) in [6, 6.07) is 0. The number of alkyl halides is 2. The van der Waals surface area contributed by atoms with Gasteiger partial charge >= 0.3 is 0 Å². The smallest absolute Gasteiger partial charge is 0.256 e. The van der Waals surface area contributed by atoms with Gasteiger partial charge in [0.15, 0.2) is 5.78 Å². The van der Waals surface area contributed by atoms with E-state index in [-0.39, 0.29) is 11.7 Å². The molecular weight excluding hydrogens is 278 g/mol. The summed E-state index contributed by atoms with van der Waals surface area (Å²) < 4.78 is -1.22. The van der Waals surface area contributed by atoms with Crippen LogP contribution in [0.25, 0.3) is 0 Å². The summed E-state index contributed by atoms with van der Waals surface area (Å²) in [6.07, 6.45) is 0. The highest BCUT2D eigenvalue weighted by atomic mass is 79.9. The van der Waals surface area contributed by atoms with E-state index in [0.29, 0.717) is 0 Å². The zero-order valence-electron chi connectivity index (χ0n) is 6.07. The standard InChI is InChI=1S/C6H7Br2NO2/c1-5(2)3(10)6(7,8)4(11)9-5/h1-2H3,(H,9,11). The Morgan fingerprint density at radius 2 is 1.73 bits per heavy atom. The molecule has 1 N–H and O–H groups in total. The summed E-state index contributed by atoms with van der Waals surface area (Å²) in [5.74, 6) is -0.539. The summed E-state index contributed by atoms with van der Waals surface area (Å²) in [6.45, 7) is 3.33. The monoisotopic (exact) mass is 283 g/mol. The maximum atomic E-state index is 11.4. The van der Waals surface area contributed by atoms with Gasteiger partial charge in [-0.25, -0.2) is 0 Å². The minimum atomic E-state index is -1.22. The average Bonchev–Trinajstić information content (AvgIpc) is 1.94. The Bertz CT molecular complexity index is 235. The molecule has 1 aliphatic heterocycles. The average molecular weight is 285 g/mol. The number of hydrogen-bond acceptors (Lipinski definition) is 2. The van der Waals surface area contributed by atoms with Gasteiger partial charge in [-0.3, -0.25) is 9.59 Å². The van der Waals surface area contributed by atoms with E-state index in [1.165, 1.54) is 0 Å². The Kier molecular flexibility index (Phi) is 1.92. The lowest BCUT2D eigenvalue weighted by molar-refractivity contribution is -0.122. The normalized spacial score (nSPS) is 26.9. The minimum absolute atomic E-state index is 0.199. The molecule has 1 heterocycles. The van der Waals surface area contributed by atoms with Crippen molar-refractivity contribution in [2.45, 2.75) is 22.6 Å². The molecule has 0 aliphatic carbocycles. The summed E-state index contributed by atoms with van der Waals surface area (Å²) in [5, 5.41) is 2.55. The minimum Gasteiger partial charge on any atom is -0.342 e. The van der Waals surface area contributed by atoms with Crippen LogP contribution in [0.5, 0.6) is 0 Å². The predicted octanol–water partition coefficient (Wildman–Crippen LogP) is 0.950. The van der Waals surface area contributed by atoms with Crippen LogP contribution < -0.4 is 5.32 Å². The van der Waals surface area contributed by atoms with Crippen LogP contribution in [0, 0.1) is 0 Å². The fraction of sp³-hybridized carbons (Fsp3) is 0.667. The van der Waals surface area contributed by atoms with Crippen molar-refractivity contribution >= 4 is 43.6 Å². The highest BCUT2D eigenvalue weighted by Crippen LogP contribution is 2.37. The highest BCUT2D eigenvalue weighted by Gasteiger charge is 2.55. The lowest BCUT2D eigenvalue weighted by atomic mass is 10.0. The summed E-state index contributed by atoms with van der Waals surface area (Å²) in [7, 11) is 0. The second-order valence-corrected chi connectivity index (χ2v) is 6.43. The second kappa shape index (κ2) is 2.29. The lowest BCUT2D eigenvalue weighted by Crippen LogP contribution is -2.40. The first-order valence-electron chi connectivity index (χ1n) is 3.04. The molecule has 1 aliphatic rings. The third kappa shape index (κ3) is 1.24. The third-order valence-corrected chi connectivity index (χ3v) is 3.00. The molecule has 1 fully saturated rings. The highest BCUT2D eigenvalue weighted by molar-refractivity contribution is 9.26. The molecule has 0 atom stereocenters. The van der Waals surface area contributed by atoms with Gasteiger partial charge in [-0.1, -0.05) is 31.9 Å². The Balaban J connectivity index is 3.09.